The molecule has 12 N–H and O–H groups in total. The first kappa shape index (κ1) is 110. The molecule has 0 spiro atoms. The van der Waals surface area contributed by atoms with Crippen molar-refractivity contribution in [3.8, 4) is 17.2 Å². The van der Waals surface area contributed by atoms with Crippen molar-refractivity contribution in [2.75, 3.05) is 67.6 Å². The number of aryl methyl sites for hydroxylation is 1. The van der Waals surface area contributed by atoms with Crippen LogP contribution in [0.4, 0.5) is 32.3 Å². The number of imide groups is 2. The van der Waals surface area contributed by atoms with E-state index in [0.717, 1.165) is 55.0 Å². The molecule has 9 atom stereocenters. The molecule has 6 heterocycles. The van der Waals surface area contributed by atoms with Gasteiger partial charge in [-0.05, 0) is 199 Å². The lowest BCUT2D eigenvalue weighted by atomic mass is 9.98. The van der Waals surface area contributed by atoms with Crippen LogP contribution >= 0.6 is 0 Å². The lowest BCUT2D eigenvalue weighted by molar-refractivity contribution is -0.139. The van der Waals surface area contributed by atoms with E-state index in [9.17, 15) is 86.9 Å². The Bertz CT molecular complexity index is 5110. The second-order valence-corrected chi connectivity index (χ2v) is 39.2. The molecule has 1 unspecified atom stereocenters. The van der Waals surface area contributed by atoms with E-state index in [2.05, 4.69) is 42.5 Å². The molecule has 0 radical (unpaired) electrons. The fraction of sp³-hybridized carbons (Fsp3) is 0.525. The van der Waals surface area contributed by atoms with E-state index in [1.54, 1.807) is 128 Å². The van der Waals surface area contributed by atoms with Crippen LogP contribution in [0.25, 0.3) is 0 Å². The highest BCUT2D eigenvalue weighted by Gasteiger charge is 2.48. The van der Waals surface area contributed by atoms with E-state index in [4.69, 9.17) is 38.9 Å². The van der Waals surface area contributed by atoms with Crippen molar-refractivity contribution in [1.29, 1.82) is 0 Å². The van der Waals surface area contributed by atoms with Crippen LogP contribution in [0, 0.1) is 11.8 Å². The van der Waals surface area contributed by atoms with Crippen LogP contribution in [0.15, 0.2) is 121 Å². The Labute approximate surface area is 820 Å². The normalized spacial score (nSPS) is 18.0. The molecule has 4 aromatic carbocycles. The summed E-state index contributed by atoms with van der Waals surface area (Å²) in [5.41, 5.74) is 6.90. The number of aliphatic hydroxyl groups is 2. The second-order valence-electron chi connectivity index (χ2n) is 39.2. The van der Waals surface area contributed by atoms with E-state index in [1.807, 2.05) is 34.6 Å². The van der Waals surface area contributed by atoms with Crippen molar-refractivity contribution in [2.24, 2.45) is 17.6 Å². The minimum atomic E-state index is -1.60. The number of hydrogen-bond acceptors (Lipinski definition) is 26. The van der Waals surface area contributed by atoms with Gasteiger partial charge in [-0.1, -0.05) is 75.9 Å². The largest absolute Gasteiger partial charge is 0.496 e. The Balaban J connectivity index is 0.677. The maximum absolute atomic E-state index is 14.6. The zero-order chi connectivity index (χ0) is 103. The molecule has 0 bridgehead atoms. The number of benzene rings is 4. The van der Waals surface area contributed by atoms with E-state index < -0.39 is 160 Å². The summed E-state index contributed by atoms with van der Waals surface area (Å²) in [6.07, 6.45) is 6.95. The number of carbonyl (C=O) groups is 16. The number of rotatable bonds is 48. The summed E-state index contributed by atoms with van der Waals surface area (Å²) >= 11 is 0. The van der Waals surface area contributed by atoms with Gasteiger partial charge in [-0.15, -0.1) is 0 Å². The number of fused-ring (bicyclic) bond motifs is 4. The number of aliphatic hydroxyl groups excluding tert-OH is 2. The number of carbonyl (C=O) groups excluding carboxylic acids is 16. The number of ether oxygens (including phenoxy) is 7. The van der Waals surface area contributed by atoms with Crippen molar-refractivity contribution in [1.82, 2.24) is 51.5 Å². The van der Waals surface area contributed by atoms with Gasteiger partial charge in [0.2, 0.25) is 47.3 Å². The van der Waals surface area contributed by atoms with Crippen molar-refractivity contribution < 1.29 is 120 Å². The molecule has 0 saturated carbocycles. The predicted octanol–water partition coefficient (Wildman–Crippen LogP) is 8.49. The first-order valence-electron chi connectivity index (χ1n) is 47.5. The van der Waals surface area contributed by atoms with E-state index in [-0.39, 0.29) is 156 Å². The van der Waals surface area contributed by atoms with E-state index >= 15 is 0 Å². The van der Waals surface area contributed by atoms with Crippen LogP contribution in [0.3, 0.4) is 0 Å². The minimum absolute atomic E-state index is 0.00253. The van der Waals surface area contributed by atoms with Gasteiger partial charge in [0.25, 0.3) is 35.4 Å². The Hall–Kier alpha value is -13.4. The van der Waals surface area contributed by atoms with Gasteiger partial charge in [-0.3, -0.25) is 76.9 Å². The van der Waals surface area contributed by atoms with Crippen molar-refractivity contribution in [2.45, 2.75) is 284 Å². The van der Waals surface area contributed by atoms with Gasteiger partial charge in [0.1, 0.15) is 43.1 Å². The maximum atomic E-state index is 14.6. The summed E-state index contributed by atoms with van der Waals surface area (Å²) in [6.45, 7) is 25.8. The maximum Gasteiger partial charge on any atom is 0.416 e. The number of nitrogens with one attached hydrogen (secondary N) is 8. The first-order chi connectivity index (χ1) is 66.4. The highest BCUT2D eigenvalue weighted by atomic mass is 16.6. The Morgan fingerprint density at radius 2 is 0.865 bits per heavy atom. The average molecular weight is 1960 g/mol. The third-order valence-corrected chi connectivity index (χ3v) is 25.1. The molecular weight excluding hydrogens is 1820 g/mol. The topological polar surface area (TPSA) is 520 Å². The molecule has 141 heavy (non-hydrogen) atoms. The fourth-order valence-electron chi connectivity index (χ4n) is 16.7. The molecule has 0 saturated heterocycles. The molecule has 40 heteroatoms. The van der Waals surface area contributed by atoms with Gasteiger partial charge in [-0.2, -0.15) is 0 Å². The molecule has 764 valence electrons. The zero-order valence-corrected chi connectivity index (χ0v) is 83.3. The van der Waals surface area contributed by atoms with E-state index in [1.165, 1.54) is 50.0 Å². The number of nitrogens with zero attached hydrogens (tertiary/aromatic N) is 6. The Kier molecular flexibility index (Phi) is 37.4. The summed E-state index contributed by atoms with van der Waals surface area (Å²) in [5, 5.41) is 46.4. The van der Waals surface area contributed by atoms with Crippen molar-refractivity contribution in [3.05, 3.63) is 148 Å². The summed E-state index contributed by atoms with van der Waals surface area (Å²) in [7, 11) is 2.88. The van der Waals surface area contributed by atoms with Crippen LogP contribution < -0.4 is 72.3 Å². The van der Waals surface area contributed by atoms with Crippen LogP contribution in [0.5, 0.6) is 17.2 Å². The molecule has 0 aliphatic carbocycles. The number of nitrogens with two attached hydrogens (primary N) is 1. The summed E-state index contributed by atoms with van der Waals surface area (Å²) in [4.78, 5) is 219. The lowest BCUT2D eigenvalue weighted by Crippen LogP contribution is -2.54. The first-order valence-corrected chi connectivity index (χ1v) is 47.5. The van der Waals surface area contributed by atoms with Crippen LogP contribution in [-0.4, -0.2) is 243 Å². The van der Waals surface area contributed by atoms with Gasteiger partial charge in [-0.25, -0.2) is 19.4 Å². The smallest absolute Gasteiger partial charge is 0.416 e. The molecule has 6 aliphatic rings. The Morgan fingerprint density at radius 1 is 0.461 bits per heavy atom. The molecule has 0 aromatic heterocycles. The standard InChI is InChI=1S/C101H135N15O25/c1-58(2)86(107-78(117)35-39-99(11,12)140-46-41-98(9,10)109-80(119)37-43-111-82(121)31-32-83(111)122)90(127)103-62(7)89(126)106-68-29-25-65(26-30-68)57-139-97(134)116-72-53-77(76(136-17)52-70(72)93(130)114-55-61(6)49-74(114)95(116)132)137-45-21-19-18-20-22-66-50-71-69(51-75(66)135-16)92(129)113-54-60(5)48-73(113)94(131)115(71)96(133)138-56-64-23-27-67(28-24-64)105-88(125)63(8)104-91(128)87(59(3)4)108-79(118)36-40-100(13,14)141-47-42-101(15,102)110-81(120)38-44-112-84(123)33-34-85(112)124/h23-34,50-55,58-59,62-63,73-74,86-87,94-95,131-132H,18-22,35-49,56-57,102H2,1-17H3,(H,103,127)(H,104,128)(H,105,125)(H,106,126)(H,107,117)(H,108,118)(H,109,119)(H,110,120)/t62-,63-,73-,74-,86-,87-,94-,95-,101?/m0/s1. The summed E-state index contributed by atoms with van der Waals surface area (Å²) in [6, 6.07) is 13.0. The highest BCUT2D eigenvalue weighted by molar-refractivity contribution is 6.14. The van der Waals surface area contributed by atoms with Crippen molar-refractivity contribution >= 4 is 118 Å². The number of unbranched alkanes of at least 4 members (excludes halogenated alkanes) is 3. The summed E-state index contributed by atoms with van der Waals surface area (Å²) < 4.78 is 42.0. The molecule has 6 aliphatic heterocycles. The quantitative estimate of drug-likeness (QED) is 0.0112. The number of amides is 16. The fourth-order valence-corrected chi connectivity index (χ4v) is 16.7. The molecule has 40 nitrogen and oxygen atoms in total. The molecule has 0 fully saturated rings. The van der Waals surface area contributed by atoms with Crippen LogP contribution in [0.2, 0.25) is 0 Å². The Morgan fingerprint density at radius 3 is 1.29 bits per heavy atom. The van der Waals surface area contributed by atoms with Gasteiger partial charge in [0, 0.05) is 111 Å². The molecule has 4 aromatic rings. The summed E-state index contributed by atoms with van der Waals surface area (Å²) in [5.74, 6) is -6.91. The average Bonchev–Trinajstić information content (AvgIpc) is 1.61. The number of hydrogen-bond donors (Lipinski definition) is 11. The third kappa shape index (κ3) is 29.8. The molecular formula is C101H135N15O25. The van der Waals surface area contributed by atoms with Crippen LogP contribution in [0.1, 0.15) is 231 Å². The van der Waals surface area contributed by atoms with Gasteiger partial charge >= 0.3 is 12.2 Å². The van der Waals surface area contributed by atoms with Gasteiger partial charge in [0.05, 0.1) is 78.9 Å². The zero-order valence-electron chi connectivity index (χ0n) is 83.3. The minimum Gasteiger partial charge on any atom is -0.496 e. The van der Waals surface area contributed by atoms with Crippen molar-refractivity contribution in [3.63, 3.8) is 0 Å². The van der Waals surface area contributed by atoms with Gasteiger partial charge in [0.15, 0.2) is 24.0 Å². The van der Waals surface area contributed by atoms with Gasteiger partial charge < -0.3 is 101 Å². The monoisotopic (exact) mass is 1960 g/mol. The predicted molar refractivity (Wildman–Crippen MR) is 518 cm³/mol. The van der Waals surface area contributed by atoms with E-state index in [0.29, 0.717) is 72.3 Å². The second kappa shape index (κ2) is 48.2. The SMILES string of the molecule is COc1cc2c(cc1CCCCCCOc1cc3c(cc1OC)C(=O)N1C=C(C)C[C@H]1[C@H](O)N3C(=O)OCc1ccc(NC(=O)[C@H](C)NC(=O)[C@@H](NC(=O)CCC(C)(C)OCCC(C)(C)NC(=O)CCN3C(=O)C=CC3=O)C(C)C)cc1)N(C(=O)OCc1ccc(NC(=O)[C@H](C)NC(=O)[C@@H](NC(=O)CCC(C)(C)OCCC(C)(N)NC(=O)CCN3C(=O)C=CC3=O)C(C)C)cc1)[C@@H](O)[C@@H]1CC(C)=CN1C2=O. The lowest BCUT2D eigenvalue weighted by Gasteiger charge is -2.31. The molecule has 16 amide bonds. The third-order valence-electron chi connectivity index (χ3n) is 25.1. The number of methoxy groups -OCH3 is 2. The highest BCUT2D eigenvalue weighted by Crippen LogP contribution is 2.44. The number of anilines is 4. The van der Waals surface area contributed by atoms with Crippen LogP contribution in [-0.2, 0) is 96.1 Å². The molecule has 10 rings (SSSR count).